The lowest BCUT2D eigenvalue weighted by molar-refractivity contribution is 0.705. The minimum absolute atomic E-state index is 0.192. The summed E-state index contributed by atoms with van der Waals surface area (Å²) in [5, 5.41) is 0. The van der Waals surface area contributed by atoms with Gasteiger partial charge in [0.1, 0.15) is 11.0 Å². The van der Waals surface area contributed by atoms with Crippen LogP contribution >= 0.6 is 0 Å². The van der Waals surface area contributed by atoms with Crippen molar-refractivity contribution < 1.29 is 0 Å². The number of hydrogen-bond acceptors (Lipinski definition) is 12. The third-order valence-electron chi connectivity index (χ3n) is 6.90. The van der Waals surface area contributed by atoms with Crippen LogP contribution in [0.2, 0.25) is 0 Å². The van der Waals surface area contributed by atoms with Crippen molar-refractivity contribution in [3.8, 4) is 0 Å². The van der Waals surface area contributed by atoms with Crippen molar-refractivity contribution in [2.45, 2.75) is 0 Å². The lowest BCUT2D eigenvalue weighted by Gasteiger charge is -2.02. The van der Waals surface area contributed by atoms with Gasteiger partial charge in [-0.3, -0.25) is 47.4 Å². The first-order valence-electron chi connectivity index (χ1n) is 13.5. The fourth-order valence-corrected chi connectivity index (χ4v) is 4.38. The highest BCUT2D eigenvalue weighted by Crippen LogP contribution is 2.02. The van der Waals surface area contributed by atoms with E-state index in [2.05, 4.69) is 54.8 Å². The molecule has 0 atom stereocenters. The molecule has 0 saturated carbocycles. The van der Waals surface area contributed by atoms with Crippen LogP contribution in [0.25, 0.3) is 44.7 Å². The van der Waals surface area contributed by atoms with Crippen LogP contribution in [-0.4, -0.2) is 77.7 Å². The van der Waals surface area contributed by atoms with Crippen LogP contribution in [0.1, 0.15) is 0 Å². The monoisotopic (exact) mass is 662 g/mol. The van der Waals surface area contributed by atoms with E-state index in [1.807, 2.05) is 0 Å². The Bertz CT molecular complexity index is 2860. The lowest BCUT2D eigenvalue weighted by atomic mass is 10.5. The molecule has 0 fully saturated rings. The Morgan fingerprint density at radius 1 is 0.521 bits per heavy atom. The van der Waals surface area contributed by atoms with Crippen molar-refractivity contribution in [1.29, 1.82) is 0 Å². The molecular weight excluding hydrogens is 636 g/mol. The van der Waals surface area contributed by atoms with Crippen molar-refractivity contribution in [3.05, 3.63) is 105 Å². The van der Waals surface area contributed by atoms with Crippen LogP contribution in [0.3, 0.4) is 0 Å². The molecule has 23 nitrogen and oxygen atoms in total. The number of aryl methyl sites for hydroxylation is 3. The Hall–Kier alpha value is -7.20. The maximum absolute atomic E-state index is 11.7. The molecule has 48 heavy (non-hydrogen) atoms. The third kappa shape index (κ3) is 5.80. The summed E-state index contributed by atoms with van der Waals surface area (Å²) in [6, 6.07) is 0. The van der Waals surface area contributed by atoms with Crippen molar-refractivity contribution in [2.24, 2.45) is 35.2 Å². The standard InChI is InChI=1S/C8H10N4O2.C7H8N4O2.C5H4N4O2.C5H4N4O/c1-10-4-9-6-5(10)7(13)12(3)8(14)11(6)2;1-10-5-4(8-3-9-5)6(12)11(2)7(10)13;10-4-2-3(7-1-6-2)8-5(11)9-4;10-5-3-4(7-1-6-3)8-2-9-5/h4H,1-3H3;3H,1-2H3,(H,8,9);1H,(H3,6,7,8,9,10,11);1-2H,(H2,6,7,8,9,10). The Labute approximate surface area is 262 Å². The van der Waals surface area contributed by atoms with E-state index < -0.39 is 11.2 Å². The Morgan fingerprint density at radius 2 is 1.08 bits per heavy atom. The van der Waals surface area contributed by atoms with Crippen LogP contribution in [0.4, 0.5) is 0 Å². The first-order valence-corrected chi connectivity index (χ1v) is 13.5. The van der Waals surface area contributed by atoms with E-state index in [4.69, 9.17) is 0 Å². The van der Waals surface area contributed by atoms with Crippen LogP contribution in [0.5, 0.6) is 0 Å². The largest absolute Gasteiger partial charge is 0.339 e. The lowest BCUT2D eigenvalue weighted by Crippen LogP contribution is -2.37. The summed E-state index contributed by atoms with van der Waals surface area (Å²) in [6.07, 6.45) is 7.02. The normalized spacial score (nSPS) is 10.8. The molecule has 248 valence electrons. The number of fused-ring (bicyclic) bond motifs is 4. The number of rotatable bonds is 0. The zero-order valence-corrected chi connectivity index (χ0v) is 25.7. The molecule has 0 saturated heterocycles. The number of H-pyrrole nitrogens is 6. The molecule has 0 bridgehead atoms. The van der Waals surface area contributed by atoms with Gasteiger partial charge in [0.25, 0.3) is 22.2 Å². The molecule has 0 aliphatic heterocycles. The maximum Gasteiger partial charge on any atom is 0.332 e. The van der Waals surface area contributed by atoms with Crippen LogP contribution in [-0.2, 0) is 35.2 Å². The minimum Gasteiger partial charge on any atom is -0.339 e. The number of hydrogen-bond donors (Lipinski definition) is 6. The third-order valence-corrected chi connectivity index (χ3v) is 6.90. The van der Waals surface area contributed by atoms with Gasteiger partial charge in [0.15, 0.2) is 33.6 Å². The quantitative estimate of drug-likeness (QED) is 0.0922. The first kappa shape index (κ1) is 32.2. The smallest absolute Gasteiger partial charge is 0.332 e. The van der Waals surface area contributed by atoms with Crippen molar-refractivity contribution >= 4 is 44.7 Å². The predicted octanol–water partition coefficient (Wildman–Crippen LogP) is -3.48. The summed E-state index contributed by atoms with van der Waals surface area (Å²) in [6.45, 7) is 0. The number of aromatic nitrogens is 16. The highest BCUT2D eigenvalue weighted by Gasteiger charge is 2.12. The molecule has 0 amide bonds. The molecule has 8 aromatic rings. The molecule has 0 unspecified atom stereocenters. The Balaban J connectivity index is 0.000000126. The highest BCUT2D eigenvalue weighted by molar-refractivity contribution is 5.70. The van der Waals surface area contributed by atoms with E-state index in [9.17, 15) is 33.6 Å². The molecule has 0 spiro atoms. The van der Waals surface area contributed by atoms with Crippen molar-refractivity contribution in [1.82, 2.24) is 77.7 Å². The van der Waals surface area contributed by atoms with Gasteiger partial charge in [0.05, 0.1) is 31.6 Å². The van der Waals surface area contributed by atoms with Gasteiger partial charge in [-0.25, -0.2) is 39.3 Å². The molecule has 0 aliphatic carbocycles. The van der Waals surface area contributed by atoms with Gasteiger partial charge in [-0.2, -0.15) is 0 Å². The number of nitrogens with one attached hydrogen (secondary N) is 6. The molecule has 0 aromatic carbocycles. The van der Waals surface area contributed by atoms with Crippen LogP contribution < -0.4 is 39.3 Å². The molecule has 6 N–H and O–H groups in total. The molecular formula is C25H26N16O7. The van der Waals surface area contributed by atoms with E-state index in [1.165, 1.54) is 54.9 Å². The molecule has 8 aromatic heterocycles. The molecule has 8 rings (SSSR count). The fraction of sp³-hybridized carbons (Fsp3) is 0.200. The summed E-state index contributed by atoms with van der Waals surface area (Å²) < 4.78 is 6.41. The Morgan fingerprint density at radius 3 is 1.77 bits per heavy atom. The first-order chi connectivity index (χ1) is 22.8. The number of imidazole rings is 4. The van der Waals surface area contributed by atoms with Crippen molar-refractivity contribution in [2.75, 3.05) is 0 Å². The van der Waals surface area contributed by atoms with Gasteiger partial charge in [-0.15, -0.1) is 0 Å². The zero-order valence-electron chi connectivity index (χ0n) is 25.7. The fourth-order valence-electron chi connectivity index (χ4n) is 4.38. The second-order valence-electron chi connectivity index (χ2n) is 9.91. The predicted molar refractivity (Wildman–Crippen MR) is 170 cm³/mol. The van der Waals surface area contributed by atoms with Gasteiger partial charge in [0.2, 0.25) is 0 Å². The highest BCUT2D eigenvalue weighted by atomic mass is 16.2. The van der Waals surface area contributed by atoms with E-state index >= 15 is 0 Å². The van der Waals surface area contributed by atoms with Gasteiger partial charge in [-0.05, 0) is 0 Å². The second kappa shape index (κ2) is 12.7. The summed E-state index contributed by atoms with van der Waals surface area (Å²) in [5.74, 6) is 0. The van der Waals surface area contributed by atoms with E-state index in [0.717, 1.165) is 9.13 Å². The summed E-state index contributed by atoms with van der Waals surface area (Å²) in [5.41, 5.74) is 0.422. The molecule has 0 radical (unpaired) electrons. The summed E-state index contributed by atoms with van der Waals surface area (Å²) in [7, 11) is 7.78. The SMILES string of the molecule is Cn1c(=O)c2[nH]cnc2n(C)c1=O.Cn1c(=O)c2c(ncn2C)n(C)c1=O.O=c1[nH]c(=O)c2[nH]cnc2[nH]1.O=c1[nH]cnc2nc[nH]c12. The van der Waals surface area contributed by atoms with Gasteiger partial charge >= 0.3 is 17.1 Å². The van der Waals surface area contributed by atoms with E-state index in [0.29, 0.717) is 33.5 Å². The molecule has 0 aliphatic rings. The maximum atomic E-state index is 11.7. The average molecular weight is 663 g/mol. The number of nitrogens with zero attached hydrogens (tertiary/aromatic N) is 10. The molecule has 8 heterocycles. The van der Waals surface area contributed by atoms with Crippen molar-refractivity contribution in [3.63, 3.8) is 0 Å². The van der Waals surface area contributed by atoms with Gasteiger partial charge in [0, 0.05) is 35.2 Å². The topological polar surface area (TPSA) is 303 Å². The van der Waals surface area contributed by atoms with Crippen LogP contribution in [0.15, 0.2) is 65.2 Å². The number of aromatic amines is 6. The zero-order chi connectivity index (χ0) is 34.9. The van der Waals surface area contributed by atoms with Gasteiger partial charge < -0.3 is 24.5 Å². The van der Waals surface area contributed by atoms with Gasteiger partial charge in [-0.1, -0.05) is 0 Å². The van der Waals surface area contributed by atoms with E-state index in [1.54, 1.807) is 25.7 Å². The minimum atomic E-state index is -0.547. The summed E-state index contributed by atoms with van der Waals surface area (Å²) >= 11 is 0. The Kier molecular flexibility index (Phi) is 8.49. The van der Waals surface area contributed by atoms with E-state index in [-0.39, 0.29) is 39.2 Å². The molecule has 23 heteroatoms. The summed E-state index contributed by atoms with van der Waals surface area (Å²) in [4.78, 5) is 112. The second-order valence-corrected chi connectivity index (χ2v) is 9.91. The van der Waals surface area contributed by atoms with Crippen LogP contribution in [0, 0.1) is 0 Å². The average Bonchev–Trinajstić information content (AvgIpc) is 3.89.